The molecule has 13 heteroatoms. The van der Waals surface area contributed by atoms with Crippen LogP contribution >= 0.6 is 0 Å². The fourth-order valence-corrected chi connectivity index (χ4v) is 2.96. The third kappa shape index (κ3) is 3.04. The fraction of sp³-hybridized carbons (Fsp3) is 0.0625. The van der Waals surface area contributed by atoms with Crippen molar-refractivity contribution in [3.63, 3.8) is 0 Å². The van der Waals surface area contributed by atoms with E-state index < -0.39 is 28.2 Å². The Bertz CT molecular complexity index is 1180. The highest BCUT2D eigenvalue weighted by atomic mass is 16.6. The van der Waals surface area contributed by atoms with Crippen LogP contribution in [0.5, 0.6) is 0 Å². The SMILES string of the molecule is N#CNC1=NC(c2cccc(C(=O)O)c2[N+](=O)[O-])c2c(nc(N)c(C#N)c2N)N1. The second-order valence-electron chi connectivity index (χ2n) is 5.71. The Balaban J connectivity index is 2.38. The molecule has 2 heterocycles. The average Bonchev–Trinajstić information content (AvgIpc) is 2.67. The number of nitrogens with zero attached hydrogens (tertiary/aromatic N) is 5. The van der Waals surface area contributed by atoms with E-state index in [0.29, 0.717) is 0 Å². The number of guanidine groups is 1. The van der Waals surface area contributed by atoms with E-state index >= 15 is 0 Å². The number of nitriles is 2. The number of carbonyl (C=O) groups is 1. The molecule has 2 aromatic rings. The van der Waals surface area contributed by atoms with Gasteiger partial charge in [-0.3, -0.25) is 15.4 Å². The Kier molecular flexibility index (Phi) is 4.56. The molecule has 29 heavy (non-hydrogen) atoms. The molecule has 3 rings (SSSR count). The van der Waals surface area contributed by atoms with E-state index in [1.54, 1.807) is 12.3 Å². The lowest BCUT2D eigenvalue weighted by Gasteiger charge is -2.26. The summed E-state index contributed by atoms with van der Waals surface area (Å²) in [7, 11) is 0. The van der Waals surface area contributed by atoms with Gasteiger partial charge in [0.15, 0.2) is 6.19 Å². The van der Waals surface area contributed by atoms with Gasteiger partial charge < -0.3 is 21.9 Å². The first-order valence-corrected chi connectivity index (χ1v) is 7.79. The summed E-state index contributed by atoms with van der Waals surface area (Å²) in [5.74, 6) is -1.79. The molecule has 7 N–H and O–H groups in total. The molecular formula is C16H11N9O4. The standard InChI is InChI=1S/C16H11N9O4/c17-4-8-10(19)9-11(22-16(21-5-18)24-14(9)23-13(8)20)6-2-1-3-7(15(26)27)12(6)25(28)29/h1-3,11H,(H,26,27)(H6,19,20,21,22,23,24). The van der Waals surface area contributed by atoms with Crippen molar-refractivity contribution in [2.24, 2.45) is 4.99 Å². The van der Waals surface area contributed by atoms with Crippen LogP contribution in [0.15, 0.2) is 23.2 Å². The molecule has 0 radical (unpaired) electrons. The van der Waals surface area contributed by atoms with Crippen LogP contribution in [0.1, 0.15) is 33.1 Å². The Labute approximate surface area is 162 Å². The minimum Gasteiger partial charge on any atom is -0.477 e. The summed E-state index contributed by atoms with van der Waals surface area (Å²) >= 11 is 0. The topological polar surface area (TPSA) is 229 Å². The third-order valence-electron chi connectivity index (χ3n) is 4.13. The molecule has 0 bridgehead atoms. The van der Waals surface area contributed by atoms with Crippen molar-refractivity contribution < 1.29 is 14.8 Å². The highest BCUT2D eigenvalue weighted by Crippen LogP contribution is 2.43. The number of carboxylic acids is 1. The van der Waals surface area contributed by atoms with Gasteiger partial charge in [0.25, 0.3) is 5.69 Å². The number of aromatic nitrogens is 1. The van der Waals surface area contributed by atoms with E-state index in [9.17, 15) is 25.3 Å². The largest absolute Gasteiger partial charge is 0.477 e. The van der Waals surface area contributed by atoms with Crippen LogP contribution in [0.2, 0.25) is 0 Å². The number of para-hydroxylation sites is 1. The molecule has 1 aliphatic rings. The zero-order chi connectivity index (χ0) is 21.3. The van der Waals surface area contributed by atoms with E-state index in [1.165, 1.54) is 12.1 Å². The van der Waals surface area contributed by atoms with Crippen molar-refractivity contribution in [1.82, 2.24) is 10.3 Å². The number of benzene rings is 1. The number of nitrogens with one attached hydrogen (secondary N) is 2. The van der Waals surface area contributed by atoms with Gasteiger partial charge in [0.1, 0.15) is 34.9 Å². The van der Waals surface area contributed by atoms with Gasteiger partial charge in [0.2, 0.25) is 5.96 Å². The number of aliphatic imine (C=N–C) groups is 1. The number of hydrogen-bond donors (Lipinski definition) is 5. The smallest absolute Gasteiger partial charge is 0.342 e. The van der Waals surface area contributed by atoms with Gasteiger partial charge in [0.05, 0.1) is 16.2 Å². The average molecular weight is 393 g/mol. The normalized spacial score (nSPS) is 14.4. The maximum atomic E-state index is 11.7. The second kappa shape index (κ2) is 7.01. The summed E-state index contributed by atoms with van der Waals surface area (Å²) in [6.45, 7) is 0. The molecule has 0 amide bonds. The van der Waals surface area contributed by atoms with Gasteiger partial charge in [-0.2, -0.15) is 10.5 Å². The molecule has 0 fully saturated rings. The molecule has 1 unspecified atom stereocenters. The van der Waals surface area contributed by atoms with Crippen LogP contribution in [0, 0.1) is 32.9 Å². The lowest BCUT2D eigenvalue weighted by atomic mass is 9.92. The number of rotatable bonds is 3. The zero-order valence-corrected chi connectivity index (χ0v) is 14.4. The van der Waals surface area contributed by atoms with Gasteiger partial charge in [-0.1, -0.05) is 6.07 Å². The zero-order valence-electron chi connectivity index (χ0n) is 14.4. The number of nitro benzene ring substituents is 1. The second-order valence-corrected chi connectivity index (χ2v) is 5.71. The third-order valence-corrected chi connectivity index (χ3v) is 4.13. The molecule has 1 aromatic carbocycles. The van der Waals surface area contributed by atoms with Crippen LogP contribution in [0.3, 0.4) is 0 Å². The first-order chi connectivity index (χ1) is 13.8. The predicted molar refractivity (Wildman–Crippen MR) is 99.5 cm³/mol. The molecular weight excluding hydrogens is 382 g/mol. The summed E-state index contributed by atoms with van der Waals surface area (Å²) in [5.41, 5.74) is 10.2. The molecule has 1 aliphatic heterocycles. The van der Waals surface area contributed by atoms with E-state index in [1.807, 2.05) is 0 Å². The van der Waals surface area contributed by atoms with Crippen molar-refractivity contribution in [2.75, 3.05) is 16.8 Å². The highest BCUT2D eigenvalue weighted by molar-refractivity contribution is 5.99. The van der Waals surface area contributed by atoms with E-state index in [4.69, 9.17) is 16.7 Å². The molecule has 0 saturated heterocycles. The number of aromatic carboxylic acids is 1. The number of hydrogen-bond acceptors (Lipinski definition) is 11. The number of fused-ring (bicyclic) bond motifs is 1. The number of pyridine rings is 1. The van der Waals surface area contributed by atoms with Gasteiger partial charge in [0, 0.05) is 5.56 Å². The summed E-state index contributed by atoms with van der Waals surface area (Å²) in [4.78, 5) is 30.5. The lowest BCUT2D eigenvalue weighted by Crippen LogP contribution is -2.33. The highest BCUT2D eigenvalue weighted by Gasteiger charge is 2.35. The summed E-state index contributed by atoms with van der Waals surface area (Å²) in [5, 5.41) is 44.1. The predicted octanol–water partition coefficient (Wildman–Crippen LogP) is 0.666. The van der Waals surface area contributed by atoms with Crippen molar-refractivity contribution in [1.29, 1.82) is 10.5 Å². The summed E-state index contributed by atoms with van der Waals surface area (Å²) < 4.78 is 0. The monoisotopic (exact) mass is 393 g/mol. The Morgan fingerprint density at radius 3 is 2.69 bits per heavy atom. The van der Waals surface area contributed by atoms with Gasteiger partial charge >= 0.3 is 5.97 Å². The van der Waals surface area contributed by atoms with Crippen LogP contribution in [-0.2, 0) is 0 Å². The maximum absolute atomic E-state index is 11.7. The molecule has 1 aromatic heterocycles. The first-order valence-electron chi connectivity index (χ1n) is 7.79. The maximum Gasteiger partial charge on any atom is 0.342 e. The number of nitro groups is 1. The minimum atomic E-state index is -1.51. The number of nitrogen functional groups attached to an aromatic ring is 2. The van der Waals surface area contributed by atoms with Crippen molar-refractivity contribution in [3.05, 3.63) is 50.6 Å². The number of carboxylic acid groups (broad SMARTS) is 1. The molecule has 13 nitrogen and oxygen atoms in total. The van der Waals surface area contributed by atoms with Gasteiger partial charge in [-0.25, -0.2) is 14.8 Å². The summed E-state index contributed by atoms with van der Waals surface area (Å²) in [6.07, 6.45) is 1.65. The Morgan fingerprint density at radius 1 is 1.38 bits per heavy atom. The molecule has 0 aliphatic carbocycles. The Morgan fingerprint density at radius 2 is 2.10 bits per heavy atom. The lowest BCUT2D eigenvalue weighted by molar-refractivity contribution is -0.386. The van der Waals surface area contributed by atoms with Crippen LogP contribution in [-0.4, -0.2) is 26.9 Å². The molecule has 144 valence electrons. The van der Waals surface area contributed by atoms with Crippen molar-refractivity contribution in [2.45, 2.75) is 6.04 Å². The Hall–Kier alpha value is -4.91. The van der Waals surface area contributed by atoms with Crippen molar-refractivity contribution in [3.8, 4) is 12.3 Å². The first kappa shape index (κ1) is 18.9. The van der Waals surface area contributed by atoms with Crippen LogP contribution < -0.4 is 22.1 Å². The molecule has 1 atom stereocenters. The van der Waals surface area contributed by atoms with E-state index in [-0.39, 0.29) is 40.0 Å². The quantitative estimate of drug-likeness (QED) is 0.210. The molecule has 0 saturated carbocycles. The van der Waals surface area contributed by atoms with Crippen LogP contribution in [0.25, 0.3) is 0 Å². The number of nitrogens with two attached hydrogens (primary N) is 2. The summed E-state index contributed by atoms with van der Waals surface area (Å²) in [6, 6.07) is 4.27. The van der Waals surface area contributed by atoms with E-state index in [0.717, 1.165) is 6.07 Å². The van der Waals surface area contributed by atoms with Gasteiger partial charge in [-0.15, -0.1) is 0 Å². The fourth-order valence-electron chi connectivity index (χ4n) is 2.96. The minimum absolute atomic E-state index is 0.0202. The molecule has 0 spiro atoms. The van der Waals surface area contributed by atoms with Crippen molar-refractivity contribution >= 4 is 34.9 Å². The van der Waals surface area contributed by atoms with E-state index in [2.05, 4.69) is 20.6 Å². The number of anilines is 3. The van der Waals surface area contributed by atoms with Gasteiger partial charge in [-0.05, 0) is 12.1 Å². The van der Waals surface area contributed by atoms with Crippen LogP contribution in [0.4, 0.5) is 23.0 Å².